The van der Waals surface area contributed by atoms with Gasteiger partial charge in [0.2, 0.25) is 11.8 Å². The van der Waals surface area contributed by atoms with E-state index in [1.165, 1.54) is 23.9 Å². The van der Waals surface area contributed by atoms with Crippen molar-refractivity contribution in [3.63, 3.8) is 0 Å². The van der Waals surface area contributed by atoms with Crippen molar-refractivity contribution in [1.82, 2.24) is 10.2 Å². The van der Waals surface area contributed by atoms with Gasteiger partial charge in [-0.05, 0) is 43.5 Å². The lowest BCUT2D eigenvalue weighted by atomic mass is 10.1. The van der Waals surface area contributed by atoms with Crippen molar-refractivity contribution < 1.29 is 14.0 Å². The summed E-state index contributed by atoms with van der Waals surface area (Å²) in [5.41, 5.74) is 1.95. The smallest absolute Gasteiger partial charge is 0.243 e. The summed E-state index contributed by atoms with van der Waals surface area (Å²) < 4.78 is 13.3. The van der Waals surface area contributed by atoms with Crippen LogP contribution in [0, 0.1) is 5.82 Å². The van der Waals surface area contributed by atoms with E-state index in [-0.39, 0.29) is 36.0 Å². The number of carbonyl (C=O) groups is 2. The molecular formula is C23H29FN2O2S. The number of carbonyl (C=O) groups excluding carboxylic acids is 2. The number of hydrogen-bond donors (Lipinski definition) is 1. The van der Waals surface area contributed by atoms with Crippen molar-refractivity contribution in [3.8, 4) is 0 Å². The largest absolute Gasteiger partial charge is 0.352 e. The Morgan fingerprint density at radius 3 is 2.28 bits per heavy atom. The van der Waals surface area contributed by atoms with Crippen molar-refractivity contribution in [3.05, 3.63) is 71.5 Å². The molecule has 2 aromatic rings. The molecule has 1 N–H and O–H groups in total. The maximum absolute atomic E-state index is 13.3. The Kier molecular flexibility index (Phi) is 9.19. The van der Waals surface area contributed by atoms with Crippen LogP contribution in [0.4, 0.5) is 4.39 Å². The van der Waals surface area contributed by atoms with E-state index in [4.69, 9.17) is 0 Å². The lowest BCUT2D eigenvalue weighted by molar-refractivity contribution is -0.139. The summed E-state index contributed by atoms with van der Waals surface area (Å²) in [5, 5.41) is 2.91. The van der Waals surface area contributed by atoms with Gasteiger partial charge in [-0.15, -0.1) is 11.8 Å². The minimum absolute atomic E-state index is 0.00761. The number of hydrogen-bond acceptors (Lipinski definition) is 3. The minimum Gasteiger partial charge on any atom is -0.352 e. The van der Waals surface area contributed by atoms with Crippen LogP contribution in [0.2, 0.25) is 0 Å². The van der Waals surface area contributed by atoms with Crippen LogP contribution in [-0.2, 0) is 21.9 Å². The molecule has 2 aromatic carbocycles. The maximum Gasteiger partial charge on any atom is 0.243 e. The monoisotopic (exact) mass is 416 g/mol. The van der Waals surface area contributed by atoms with E-state index in [0.29, 0.717) is 6.42 Å². The Bertz CT molecular complexity index is 781. The van der Waals surface area contributed by atoms with E-state index in [9.17, 15) is 14.0 Å². The van der Waals surface area contributed by atoms with Gasteiger partial charge in [0.05, 0.1) is 5.75 Å². The van der Waals surface area contributed by atoms with Gasteiger partial charge in [-0.2, -0.15) is 0 Å². The minimum atomic E-state index is -0.563. The molecule has 6 heteroatoms. The molecule has 0 bridgehead atoms. The first-order valence-corrected chi connectivity index (χ1v) is 11.0. The van der Waals surface area contributed by atoms with Crippen LogP contribution in [-0.4, -0.2) is 34.6 Å². The third kappa shape index (κ3) is 7.54. The Morgan fingerprint density at radius 1 is 1.03 bits per heavy atom. The molecule has 156 valence electrons. The van der Waals surface area contributed by atoms with Crippen molar-refractivity contribution in [2.45, 2.75) is 51.6 Å². The van der Waals surface area contributed by atoms with Gasteiger partial charge in [0, 0.05) is 18.3 Å². The molecule has 0 unspecified atom stereocenters. The van der Waals surface area contributed by atoms with Gasteiger partial charge in [-0.1, -0.05) is 49.4 Å². The molecule has 0 spiro atoms. The number of benzene rings is 2. The average Bonchev–Trinajstić information content (AvgIpc) is 2.69. The Labute approximate surface area is 176 Å². The number of thioether (sulfide) groups is 1. The first-order valence-electron chi connectivity index (χ1n) is 9.86. The SMILES string of the molecule is CC[C@@H](C(=O)NC(C)C)N(Cc1ccc(F)cc1)C(=O)CSCc1ccccc1. The summed E-state index contributed by atoms with van der Waals surface area (Å²) in [4.78, 5) is 27.4. The third-order valence-electron chi connectivity index (χ3n) is 4.42. The van der Waals surface area contributed by atoms with Crippen LogP contribution in [0.5, 0.6) is 0 Å². The Hall–Kier alpha value is -2.34. The highest BCUT2D eigenvalue weighted by Crippen LogP contribution is 2.17. The van der Waals surface area contributed by atoms with Gasteiger partial charge >= 0.3 is 0 Å². The van der Waals surface area contributed by atoms with E-state index in [2.05, 4.69) is 5.32 Å². The fraction of sp³-hybridized carbons (Fsp3) is 0.391. The molecule has 0 saturated carbocycles. The predicted molar refractivity (Wildman–Crippen MR) is 117 cm³/mol. The molecule has 2 amide bonds. The first-order chi connectivity index (χ1) is 13.9. The summed E-state index contributed by atoms with van der Waals surface area (Å²) in [7, 11) is 0. The number of rotatable bonds is 10. The normalized spacial score (nSPS) is 11.9. The van der Waals surface area contributed by atoms with E-state index in [0.717, 1.165) is 16.9 Å². The van der Waals surface area contributed by atoms with Crippen molar-refractivity contribution in [2.75, 3.05) is 5.75 Å². The number of halogens is 1. The second kappa shape index (κ2) is 11.6. The maximum atomic E-state index is 13.3. The molecule has 4 nitrogen and oxygen atoms in total. The van der Waals surface area contributed by atoms with Crippen molar-refractivity contribution in [2.24, 2.45) is 0 Å². The second-order valence-corrected chi connectivity index (χ2v) is 8.20. The molecule has 0 heterocycles. The van der Waals surface area contributed by atoms with E-state index < -0.39 is 6.04 Å². The van der Waals surface area contributed by atoms with Gasteiger partial charge in [-0.3, -0.25) is 9.59 Å². The molecule has 0 fully saturated rings. The number of amides is 2. The summed E-state index contributed by atoms with van der Waals surface area (Å²) >= 11 is 1.53. The van der Waals surface area contributed by atoms with Crippen LogP contribution in [0.3, 0.4) is 0 Å². The molecule has 0 saturated heterocycles. The Balaban J connectivity index is 2.11. The summed E-state index contributed by atoms with van der Waals surface area (Å²) in [5.74, 6) is 0.426. The Morgan fingerprint density at radius 2 is 1.69 bits per heavy atom. The highest BCUT2D eigenvalue weighted by Gasteiger charge is 2.28. The molecule has 0 aromatic heterocycles. The third-order valence-corrected chi connectivity index (χ3v) is 5.41. The van der Waals surface area contributed by atoms with E-state index in [1.807, 2.05) is 51.1 Å². The zero-order valence-corrected chi connectivity index (χ0v) is 18.0. The molecule has 0 aliphatic heterocycles. The average molecular weight is 417 g/mol. The summed E-state index contributed by atoms with van der Waals surface area (Å²) in [6.45, 7) is 5.96. The lowest BCUT2D eigenvalue weighted by Crippen LogP contribution is -2.50. The van der Waals surface area contributed by atoms with E-state index in [1.54, 1.807) is 17.0 Å². The van der Waals surface area contributed by atoms with Crippen LogP contribution in [0.25, 0.3) is 0 Å². The van der Waals surface area contributed by atoms with Gasteiger partial charge in [0.15, 0.2) is 0 Å². The first kappa shape index (κ1) is 22.9. The highest BCUT2D eigenvalue weighted by molar-refractivity contribution is 7.99. The van der Waals surface area contributed by atoms with Gasteiger partial charge in [0.1, 0.15) is 11.9 Å². The number of nitrogens with one attached hydrogen (secondary N) is 1. The summed E-state index contributed by atoms with van der Waals surface area (Å²) in [6.07, 6.45) is 0.509. The van der Waals surface area contributed by atoms with Gasteiger partial charge < -0.3 is 10.2 Å². The van der Waals surface area contributed by atoms with Gasteiger partial charge in [0.25, 0.3) is 0 Å². The molecular weight excluding hydrogens is 387 g/mol. The number of nitrogens with zero attached hydrogens (tertiary/aromatic N) is 1. The standard InChI is InChI=1S/C23H29FN2O2S/c1-4-21(23(28)25-17(2)3)26(14-18-10-12-20(24)13-11-18)22(27)16-29-15-19-8-6-5-7-9-19/h5-13,17,21H,4,14-16H2,1-3H3,(H,25,28)/t21-/m0/s1. The predicted octanol–water partition coefficient (Wildman–Crippen LogP) is 4.39. The molecule has 1 atom stereocenters. The van der Waals surface area contributed by atoms with Crippen molar-refractivity contribution >= 4 is 23.6 Å². The van der Waals surface area contributed by atoms with Crippen LogP contribution < -0.4 is 5.32 Å². The molecule has 0 aliphatic rings. The van der Waals surface area contributed by atoms with Crippen LogP contribution >= 0.6 is 11.8 Å². The fourth-order valence-electron chi connectivity index (χ4n) is 3.00. The molecule has 2 rings (SSSR count). The lowest BCUT2D eigenvalue weighted by Gasteiger charge is -2.31. The molecule has 29 heavy (non-hydrogen) atoms. The van der Waals surface area contributed by atoms with Gasteiger partial charge in [-0.25, -0.2) is 4.39 Å². The zero-order valence-electron chi connectivity index (χ0n) is 17.2. The molecule has 0 aliphatic carbocycles. The quantitative estimate of drug-likeness (QED) is 0.625. The van der Waals surface area contributed by atoms with Crippen molar-refractivity contribution in [1.29, 1.82) is 0 Å². The zero-order chi connectivity index (χ0) is 21.2. The fourth-order valence-corrected chi connectivity index (χ4v) is 3.87. The second-order valence-electron chi connectivity index (χ2n) is 7.21. The highest BCUT2D eigenvalue weighted by atomic mass is 32.2. The topological polar surface area (TPSA) is 49.4 Å². The molecule has 0 radical (unpaired) electrons. The van der Waals surface area contributed by atoms with Crippen LogP contribution in [0.1, 0.15) is 38.3 Å². The van der Waals surface area contributed by atoms with E-state index >= 15 is 0 Å². The van der Waals surface area contributed by atoms with Crippen LogP contribution in [0.15, 0.2) is 54.6 Å². The summed E-state index contributed by atoms with van der Waals surface area (Å²) in [6, 6.07) is 15.4.